The van der Waals surface area contributed by atoms with Gasteiger partial charge in [0.2, 0.25) is 0 Å². The first kappa shape index (κ1) is 16.3. The van der Waals surface area contributed by atoms with Gasteiger partial charge in [-0.15, -0.1) is 0 Å². The first-order valence-corrected chi connectivity index (χ1v) is 7.99. The van der Waals surface area contributed by atoms with Crippen LogP contribution < -0.4 is 5.46 Å². The van der Waals surface area contributed by atoms with E-state index in [2.05, 4.69) is 0 Å². The zero-order chi connectivity index (χ0) is 16.7. The van der Waals surface area contributed by atoms with Gasteiger partial charge >= 0.3 is 7.12 Å². The fourth-order valence-electron chi connectivity index (χ4n) is 2.64. The highest BCUT2D eigenvalue weighted by atomic mass is 16.7. The van der Waals surface area contributed by atoms with Crippen molar-refractivity contribution in [2.24, 2.45) is 0 Å². The van der Waals surface area contributed by atoms with E-state index in [9.17, 15) is 5.11 Å². The zero-order valence-electron chi connectivity index (χ0n) is 14.1. The number of rotatable bonds is 3. The molecular formula is C19H23BO3. The summed E-state index contributed by atoms with van der Waals surface area (Å²) in [7, 11) is -0.372. The van der Waals surface area contributed by atoms with Crippen molar-refractivity contribution < 1.29 is 14.4 Å². The number of hydrogen-bond donors (Lipinski definition) is 1. The molecule has 4 heteroatoms. The Bertz CT molecular complexity index is 649. The number of aliphatic hydroxyl groups excluding tert-OH is 1. The van der Waals surface area contributed by atoms with Gasteiger partial charge in [-0.1, -0.05) is 54.6 Å². The summed E-state index contributed by atoms with van der Waals surface area (Å²) in [6.07, 6.45) is -0.622. The Labute approximate surface area is 138 Å². The second-order valence-electron chi connectivity index (χ2n) is 7.07. The summed E-state index contributed by atoms with van der Waals surface area (Å²) in [6, 6.07) is 17.4. The summed E-state index contributed by atoms with van der Waals surface area (Å²) in [5.41, 5.74) is 2.01. The Morgan fingerprint density at radius 3 is 1.78 bits per heavy atom. The molecule has 0 amide bonds. The normalized spacial score (nSPS) is 20.5. The van der Waals surface area contributed by atoms with Gasteiger partial charge in [0.15, 0.2) is 0 Å². The van der Waals surface area contributed by atoms with Crippen LogP contribution in [0.1, 0.15) is 44.9 Å². The summed E-state index contributed by atoms with van der Waals surface area (Å²) < 4.78 is 12.1. The summed E-state index contributed by atoms with van der Waals surface area (Å²) in [6.45, 7) is 8.17. The molecule has 1 aliphatic rings. The van der Waals surface area contributed by atoms with Crippen molar-refractivity contribution in [2.45, 2.75) is 45.0 Å². The maximum absolute atomic E-state index is 10.5. The topological polar surface area (TPSA) is 38.7 Å². The van der Waals surface area contributed by atoms with Gasteiger partial charge in [0.25, 0.3) is 0 Å². The van der Waals surface area contributed by atoms with Gasteiger partial charge in [-0.25, -0.2) is 0 Å². The standard InChI is InChI=1S/C19H23BO3/c1-18(2)19(3,4)23-20(22-18)16-12-10-15(11-13-16)17(21)14-8-6-5-7-9-14/h5-13,17,21H,1-4H3/t17-/m1/s1. The van der Waals surface area contributed by atoms with Crippen molar-refractivity contribution in [3.8, 4) is 0 Å². The molecule has 3 rings (SSSR count). The molecule has 0 radical (unpaired) electrons. The second kappa shape index (κ2) is 5.79. The van der Waals surface area contributed by atoms with Crippen LogP contribution in [0.2, 0.25) is 0 Å². The molecule has 0 saturated carbocycles. The van der Waals surface area contributed by atoms with E-state index >= 15 is 0 Å². The maximum Gasteiger partial charge on any atom is 0.494 e. The molecule has 3 nitrogen and oxygen atoms in total. The zero-order valence-corrected chi connectivity index (χ0v) is 14.1. The van der Waals surface area contributed by atoms with Crippen LogP contribution in [-0.4, -0.2) is 23.4 Å². The minimum Gasteiger partial charge on any atom is -0.399 e. The molecular weight excluding hydrogens is 287 g/mol. The Balaban J connectivity index is 1.78. The fourth-order valence-corrected chi connectivity index (χ4v) is 2.64. The largest absolute Gasteiger partial charge is 0.494 e. The van der Waals surface area contributed by atoms with Gasteiger partial charge in [0.1, 0.15) is 6.10 Å². The maximum atomic E-state index is 10.5. The Kier molecular flexibility index (Phi) is 4.09. The van der Waals surface area contributed by atoms with E-state index in [1.807, 2.05) is 82.3 Å². The van der Waals surface area contributed by atoms with Gasteiger partial charge in [-0.2, -0.15) is 0 Å². The molecule has 2 aromatic carbocycles. The molecule has 1 aliphatic heterocycles. The summed E-state index contributed by atoms with van der Waals surface area (Å²) >= 11 is 0. The second-order valence-corrected chi connectivity index (χ2v) is 7.07. The highest BCUT2D eigenvalue weighted by Gasteiger charge is 2.51. The van der Waals surface area contributed by atoms with Crippen LogP contribution in [0.15, 0.2) is 54.6 Å². The monoisotopic (exact) mass is 310 g/mol. The van der Waals surface area contributed by atoms with Crippen LogP contribution in [0, 0.1) is 0 Å². The van der Waals surface area contributed by atoms with Crippen molar-refractivity contribution in [2.75, 3.05) is 0 Å². The highest BCUT2D eigenvalue weighted by Crippen LogP contribution is 2.36. The third-order valence-corrected chi connectivity index (χ3v) is 4.89. The van der Waals surface area contributed by atoms with Crippen molar-refractivity contribution >= 4 is 12.6 Å². The van der Waals surface area contributed by atoms with Crippen molar-refractivity contribution in [3.63, 3.8) is 0 Å². The van der Waals surface area contributed by atoms with Crippen LogP contribution in [0.3, 0.4) is 0 Å². The molecule has 120 valence electrons. The molecule has 0 bridgehead atoms. The predicted molar refractivity (Wildman–Crippen MR) is 92.7 cm³/mol. The lowest BCUT2D eigenvalue weighted by atomic mass is 9.78. The van der Waals surface area contributed by atoms with Crippen LogP contribution in [0.4, 0.5) is 0 Å². The van der Waals surface area contributed by atoms with Crippen LogP contribution >= 0.6 is 0 Å². The van der Waals surface area contributed by atoms with Gasteiger partial charge in [0.05, 0.1) is 11.2 Å². The molecule has 1 atom stereocenters. The fraction of sp³-hybridized carbons (Fsp3) is 0.368. The van der Waals surface area contributed by atoms with Crippen LogP contribution in [0.25, 0.3) is 0 Å². The van der Waals surface area contributed by atoms with E-state index in [1.165, 1.54) is 0 Å². The number of aliphatic hydroxyl groups is 1. The number of benzene rings is 2. The summed E-state index contributed by atoms with van der Waals surface area (Å²) in [5, 5.41) is 10.5. The van der Waals surface area contributed by atoms with Gasteiger partial charge < -0.3 is 14.4 Å². The quantitative estimate of drug-likeness (QED) is 0.886. The minimum atomic E-state index is -0.622. The molecule has 0 aromatic heterocycles. The average Bonchev–Trinajstić information content (AvgIpc) is 2.76. The van der Waals surface area contributed by atoms with E-state index in [-0.39, 0.29) is 18.3 Å². The highest BCUT2D eigenvalue weighted by molar-refractivity contribution is 6.62. The van der Waals surface area contributed by atoms with Crippen LogP contribution in [0.5, 0.6) is 0 Å². The van der Waals surface area contributed by atoms with E-state index in [1.54, 1.807) is 0 Å². The van der Waals surface area contributed by atoms with Crippen molar-refractivity contribution in [1.82, 2.24) is 0 Å². The first-order valence-electron chi connectivity index (χ1n) is 7.99. The van der Waals surface area contributed by atoms with E-state index in [4.69, 9.17) is 9.31 Å². The Hall–Kier alpha value is -1.62. The molecule has 1 heterocycles. The molecule has 1 fully saturated rings. The molecule has 23 heavy (non-hydrogen) atoms. The van der Waals surface area contributed by atoms with E-state index < -0.39 is 6.10 Å². The van der Waals surface area contributed by atoms with E-state index in [0.717, 1.165) is 16.6 Å². The molecule has 1 saturated heterocycles. The van der Waals surface area contributed by atoms with Crippen molar-refractivity contribution in [1.29, 1.82) is 0 Å². The molecule has 0 aliphatic carbocycles. The van der Waals surface area contributed by atoms with Gasteiger partial charge in [0, 0.05) is 0 Å². The predicted octanol–water partition coefficient (Wildman–Crippen LogP) is 3.07. The third-order valence-electron chi connectivity index (χ3n) is 4.89. The number of hydrogen-bond acceptors (Lipinski definition) is 3. The third kappa shape index (κ3) is 3.07. The Morgan fingerprint density at radius 1 is 0.783 bits per heavy atom. The Morgan fingerprint density at radius 2 is 1.26 bits per heavy atom. The van der Waals surface area contributed by atoms with E-state index in [0.29, 0.717) is 0 Å². The molecule has 2 aromatic rings. The lowest BCUT2D eigenvalue weighted by Gasteiger charge is -2.32. The lowest BCUT2D eigenvalue weighted by molar-refractivity contribution is 0.00578. The average molecular weight is 310 g/mol. The SMILES string of the molecule is CC1(C)OB(c2ccc([C@H](O)c3ccccc3)cc2)OC1(C)C. The smallest absolute Gasteiger partial charge is 0.399 e. The van der Waals surface area contributed by atoms with Gasteiger partial charge in [-0.3, -0.25) is 0 Å². The molecule has 0 unspecified atom stereocenters. The molecule has 1 N–H and O–H groups in total. The summed E-state index contributed by atoms with van der Waals surface area (Å²) in [4.78, 5) is 0. The minimum absolute atomic E-state index is 0.347. The lowest BCUT2D eigenvalue weighted by Crippen LogP contribution is -2.41. The van der Waals surface area contributed by atoms with Crippen LogP contribution in [-0.2, 0) is 9.31 Å². The molecule has 0 spiro atoms. The first-order chi connectivity index (χ1) is 10.8. The van der Waals surface area contributed by atoms with Crippen molar-refractivity contribution in [3.05, 3.63) is 65.7 Å². The summed E-state index contributed by atoms with van der Waals surface area (Å²) in [5.74, 6) is 0. The van der Waals surface area contributed by atoms with Gasteiger partial charge in [-0.05, 0) is 44.3 Å².